The van der Waals surface area contributed by atoms with E-state index >= 15 is 0 Å². The molecule has 5 rings (SSSR count). The quantitative estimate of drug-likeness (QED) is 0.399. The minimum atomic E-state index is 0.727. The van der Waals surface area contributed by atoms with Gasteiger partial charge >= 0.3 is 0 Å². The van der Waals surface area contributed by atoms with Crippen LogP contribution in [0, 0.1) is 0 Å². The van der Waals surface area contributed by atoms with Crippen LogP contribution in [-0.4, -0.2) is 29.2 Å². The van der Waals surface area contributed by atoms with Gasteiger partial charge < -0.3 is 14.0 Å². The normalized spacial score (nSPS) is 11.0. The van der Waals surface area contributed by atoms with Crippen LogP contribution in [-0.2, 0) is 0 Å². The Labute approximate surface area is 173 Å². The van der Waals surface area contributed by atoms with Gasteiger partial charge in [-0.25, -0.2) is 4.68 Å². The van der Waals surface area contributed by atoms with Crippen molar-refractivity contribution in [3.8, 4) is 39.8 Å². The van der Waals surface area contributed by atoms with E-state index in [0.29, 0.717) is 0 Å². The average molecular weight is 397 g/mol. The highest BCUT2D eigenvalue weighted by molar-refractivity contribution is 5.94. The van der Waals surface area contributed by atoms with Crippen molar-refractivity contribution in [2.75, 3.05) is 14.2 Å². The molecule has 5 aromatic rings. The summed E-state index contributed by atoms with van der Waals surface area (Å²) in [5.41, 5.74) is 4.70. The number of methoxy groups -OCH3 is 2. The Kier molecular flexibility index (Phi) is 4.44. The van der Waals surface area contributed by atoms with Gasteiger partial charge in [-0.05, 0) is 66.7 Å². The predicted molar refractivity (Wildman–Crippen MR) is 115 cm³/mol. The summed E-state index contributed by atoms with van der Waals surface area (Å²) in [7, 11) is 3.31. The van der Waals surface area contributed by atoms with Crippen LogP contribution in [0.2, 0.25) is 0 Å². The highest BCUT2D eigenvalue weighted by Gasteiger charge is 2.14. The molecule has 0 spiro atoms. The monoisotopic (exact) mass is 397 g/mol. The summed E-state index contributed by atoms with van der Waals surface area (Å²) in [5.74, 6) is 2.33. The molecule has 0 bridgehead atoms. The van der Waals surface area contributed by atoms with Gasteiger partial charge in [0.05, 0.1) is 37.2 Å². The summed E-state index contributed by atoms with van der Waals surface area (Å²) in [4.78, 5) is 0. The molecule has 0 radical (unpaired) electrons. The molecule has 0 atom stereocenters. The molecule has 0 fully saturated rings. The van der Waals surface area contributed by atoms with E-state index < -0.39 is 0 Å². The summed E-state index contributed by atoms with van der Waals surface area (Å²) in [6.45, 7) is 0. The minimum Gasteiger partial charge on any atom is -0.497 e. The first-order valence-corrected chi connectivity index (χ1v) is 9.49. The van der Waals surface area contributed by atoms with Gasteiger partial charge in [0.15, 0.2) is 5.76 Å². The smallest absolute Gasteiger partial charge is 0.174 e. The predicted octanol–water partition coefficient (Wildman–Crippen LogP) is 5.36. The molecule has 6 nitrogen and oxygen atoms in total. The lowest BCUT2D eigenvalue weighted by Gasteiger charge is -2.09. The van der Waals surface area contributed by atoms with Crippen molar-refractivity contribution >= 4 is 10.9 Å². The largest absolute Gasteiger partial charge is 0.497 e. The van der Waals surface area contributed by atoms with E-state index in [2.05, 4.69) is 16.3 Å². The Morgan fingerprint density at radius 2 is 1.43 bits per heavy atom. The molecule has 0 saturated carbocycles. The molecular formula is C24H19N3O3. The van der Waals surface area contributed by atoms with Gasteiger partial charge in [0.25, 0.3) is 0 Å². The van der Waals surface area contributed by atoms with E-state index in [4.69, 9.17) is 14.0 Å². The third-order valence-electron chi connectivity index (χ3n) is 5.08. The molecule has 0 aliphatic heterocycles. The van der Waals surface area contributed by atoms with Gasteiger partial charge in [-0.2, -0.15) is 5.10 Å². The summed E-state index contributed by atoms with van der Waals surface area (Å²) in [6.07, 6.45) is 1.79. The number of aromatic nitrogens is 3. The van der Waals surface area contributed by atoms with Crippen molar-refractivity contribution in [2.45, 2.75) is 0 Å². The minimum absolute atomic E-state index is 0.727. The van der Waals surface area contributed by atoms with E-state index in [1.165, 1.54) is 0 Å². The van der Waals surface area contributed by atoms with E-state index in [9.17, 15) is 0 Å². The zero-order valence-corrected chi connectivity index (χ0v) is 16.6. The van der Waals surface area contributed by atoms with Crippen LogP contribution in [0.4, 0.5) is 0 Å². The van der Waals surface area contributed by atoms with Crippen molar-refractivity contribution in [1.29, 1.82) is 0 Å². The number of fused-ring (bicyclic) bond motifs is 1. The first-order chi connectivity index (χ1) is 14.8. The van der Waals surface area contributed by atoms with E-state index in [1.807, 2.05) is 71.4 Å². The molecule has 148 valence electrons. The Bertz CT molecular complexity index is 1300. The number of hydrogen-bond acceptors (Lipinski definition) is 5. The zero-order valence-electron chi connectivity index (χ0n) is 16.6. The van der Waals surface area contributed by atoms with Crippen LogP contribution in [0.15, 0.2) is 83.5 Å². The first kappa shape index (κ1) is 18.0. The second kappa shape index (κ2) is 7.40. The van der Waals surface area contributed by atoms with Gasteiger partial charge in [0.1, 0.15) is 17.0 Å². The maximum Gasteiger partial charge on any atom is 0.174 e. The summed E-state index contributed by atoms with van der Waals surface area (Å²) < 4.78 is 18.1. The van der Waals surface area contributed by atoms with Crippen molar-refractivity contribution in [3.63, 3.8) is 0 Å². The van der Waals surface area contributed by atoms with E-state index in [1.54, 1.807) is 20.4 Å². The van der Waals surface area contributed by atoms with Crippen molar-refractivity contribution in [1.82, 2.24) is 14.9 Å². The highest BCUT2D eigenvalue weighted by atomic mass is 16.5. The number of nitrogens with zero attached hydrogens (tertiary/aromatic N) is 3. The highest BCUT2D eigenvalue weighted by Crippen LogP contribution is 2.33. The van der Waals surface area contributed by atoms with Crippen LogP contribution in [0.5, 0.6) is 11.5 Å². The Balaban J connectivity index is 1.58. The summed E-state index contributed by atoms with van der Waals surface area (Å²) in [5, 5.41) is 9.67. The number of rotatable bonds is 5. The molecular weight excluding hydrogens is 378 g/mol. The second-order valence-corrected chi connectivity index (χ2v) is 6.80. The fourth-order valence-corrected chi connectivity index (χ4v) is 3.50. The fourth-order valence-electron chi connectivity index (χ4n) is 3.50. The number of ether oxygens (including phenoxy) is 2. The van der Waals surface area contributed by atoms with Gasteiger partial charge in [0, 0.05) is 11.1 Å². The molecule has 0 amide bonds. The third kappa shape index (κ3) is 3.08. The Hall–Kier alpha value is -4.06. The van der Waals surface area contributed by atoms with Gasteiger partial charge in [-0.15, -0.1) is 0 Å². The van der Waals surface area contributed by atoms with Crippen LogP contribution in [0.1, 0.15) is 0 Å². The number of benzene rings is 3. The van der Waals surface area contributed by atoms with Gasteiger partial charge in [-0.1, -0.05) is 11.2 Å². The van der Waals surface area contributed by atoms with Gasteiger partial charge in [-0.3, -0.25) is 0 Å². The fraction of sp³-hybridized carbons (Fsp3) is 0.0833. The number of hydrogen-bond donors (Lipinski definition) is 0. The Morgan fingerprint density at radius 3 is 2.13 bits per heavy atom. The lowest BCUT2D eigenvalue weighted by atomic mass is 10.0. The SMILES string of the molecule is COc1ccc(-c2onc3ccc(-c4ccnn4-c4ccc(OC)cc4)cc23)cc1. The third-order valence-corrected chi connectivity index (χ3v) is 5.08. The van der Waals surface area contributed by atoms with Crippen LogP contribution in [0.3, 0.4) is 0 Å². The summed E-state index contributed by atoms with van der Waals surface area (Å²) >= 11 is 0. The summed E-state index contributed by atoms with van der Waals surface area (Å²) in [6, 6.07) is 23.6. The van der Waals surface area contributed by atoms with Crippen molar-refractivity contribution in [3.05, 3.63) is 79.0 Å². The lowest BCUT2D eigenvalue weighted by molar-refractivity contribution is 0.414. The van der Waals surface area contributed by atoms with Crippen LogP contribution in [0.25, 0.3) is 39.2 Å². The molecule has 3 aromatic carbocycles. The van der Waals surface area contributed by atoms with E-state index in [-0.39, 0.29) is 0 Å². The molecule has 0 aliphatic carbocycles. The maximum atomic E-state index is 5.66. The van der Waals surface area contributed by atoms with Crippen molar-refractivity contribution < 1.29 is 14.0 Å². The van der Waals surface area contributed by atoms with Gasteiger partial charge in [0.2, 0.25) is 0 Å². The standard InChI is InChI=1S/C24H19N3O3/c1-28-19-8-3-16(4-9-19)24-21-15-17(5-12-22(21)26-30-24)23-13-14-25-27(23)18-6-10-20(29-2)11-7-18/h3-15H,1-2H3. The molecule has 0 saturated heterocycles. The lowest BCUT2D eigenvalue weighted by Crippen LogP contribution is -1.98. The molecule has 0 N–H and O–H groups in total. The Morgan fingerprint density at radius 1 is 0.767 bits per heavy atom. The maximum absolute atomic E-state index is 5.66. The molecule has 30 heavy (non-hydrogen) atoms. The molecule has 2 aromatic heterocycles. The second-order valence-electron chi connectivity index (χ2n) is 6.80. The van der Waals surface area contributed by atoms with E-state index in [0.717, 1.165) is 50.7 Å². The molecule has 2 heterocycles. The van der Waals surface area contributed by atoms with Crippen LogP contribution >= 0.6 is 0 Å². The zero-order chi connectivity index (χ0) is 20.5. The first-order valence-electron chi connectivity index (χ1n) is 9.49. The average Bonchev–Trinajstić information content (AvgIpc) is 3.46. The van der Waals surface area contributed by atoms with Crippen molar-refractivity contribution in [2.24, 2.45) is 0 Å². The molecule has 0 aliphatic rings. The molecule has 0 unspecified atom stereocenters. The topological polar surface area (TPSA) is 62.3 Å². The molecule has 6 heteroatoms. The van der Waals surface area contributed by atoms with Crippen LogP contribution < -0.4 is 9.47 Å².